The van der Waals surface area contributed by atoms with Crippen LogP contribution in [0.1, 0.15) is 40.0 Å². The van der Waals surface area contributed by atoms with Gasteiger partial charge in [-0.05, 0) is 24.7 Å². The van der Waals surface area contributed by atoms with Gasteiger partial charge in [-0.15, -0.1) is 0 Å². The number of carbonyl (C=O) groups excluding carboxylic acids is 1. The first-order valence-electron chi connectivity index (χ1n) is 4.87. The quantitative estimate of drug-likeness (QED) is 0.687. The summed E-state index contributed by atoms with van der Waals surface area (Å²) >= 11 is 0. The van der Waals surface area contributed by atoms with Gasteiger partial charge in [-0.25, -0.2) is 0 Å². The molecule has 0 atom stereocenters. The van der Waals surface area contributed by atoms with Gasteiger partial charge in [-0.1, -0.05) is 20.8 Å². The predicted octanol–water partition coefficient (Wildman–Crippen LogP) is 1.95. The molecule has 0 aromatic heterocycles. The van der Waals surface area contributed by atoms with Gasteiger partial charge in [-0.3, -0.25) is 4.79 Å². The van der Waals surface area contributed by atoms with E-state index >= 15 is 0 Å². The van der Waals surface area contributed by atoms with Crippen LogP contribution in [-0.2, 0) is 4.79 Å². The Bertz CT molecular complexity index is 159. The fraction of sp³-hybridized carbons (Fsp3) is 0.900. The molecule has 12 heavy (non-hydrogen) atoms. The van der Waals surface area contributed by atoms with Crippen LogP contribution < -0.4 is 5.32 Å². The first-order valence-corrected chi connectivity index (χ1v) is 4.87. The van der Waals surface area contributed by atoms with Crippen LogP contribution in [0.15, 0.2) is 0 Å². The highest BCUT2D eigenvalue weighted by Gasteiger charge is 2.26. The largest absolute Gasteiger partial charge is 0.353 e. The lowest BCUT2D eigenvalue weighted by atomic mass is 9.82. The highest BCUT2D eigenvalue weighted by molar-refractivity contribution is 5.76. The lowest BCUT2D eigenvalue weighted by Crippen LogP contribution is -2.43. The monoisotopic (exact) mass is 169 g/mol. The molecule has 1 fully saturated rings. The van der Waals surface area contributed by atoms with Crippen molar-refractivity contribution in [2.75, 3.05) is 0 Å². The molecule has 1 N–H and O–H groups in total. The van der Waals surface area contributed by atoms with Gasteiger partial charge in [0.1, 0.15) is 0 Å². The molecule has 1 aliphatic carbocycles. The minimum absolute atomic E-state index is 0.224. The Morgan fingerprint density at radius 3 is 2.50 bits per heavy atom. The maximum atomic E-state index is 11.3. The zero-order valence-electron chi connectivity index (χ0n) is 8.26. The molecule has 1 aliphatic rings. The fourth-order valence-electron chi connectivity index (χ4n) is 1.68. The maximum Gasteiger partial charge on any atom is 0.220 e. The van der Waals surface area contributed by atoms with E-state index in [1.807, 2.05) is 0 Å². The van der Waals surface area contributed by atoms with Crippen LogP contribution in [-0.4, -0.2) is 11.9 Å². The van der Waals surface area contributed by atoms with E-state index in [9.17, 15) is 4.79 Å². The molecule has 70 valence electrons. The van der Waals surface area contributed by atoms with Crippen molar-refractivity contribution in [3.8, 4) is 0 Å². The molecule has 1 saturated carbocycles. The summed E-state index contributed by atoms with van der Waals surface area (Å²) in [6.07, 6.45) is 3.01. The molecule has 0 heterocycles. The maximum absolute atomic E-state index is 11.3. The zero-order chi connectivity index (χ0) is 9.14. The highest BCUT2D eigenvalue weighted by Crippen LogP contribution is 2.26. The fourth-order valence-corrected chi connectivity index (χ4v) is 1.68. The predicted molar refractivity (Wildman–Crippen MR) is 49.8 cm³/mol. The lowest BCUT2D eigenvalue weighted by molar-refractivity contribution is -0.123. The van der Waals surface area contributed by atoms with Crippen LogP contribution in [0.5, 0.6) is 0 Å². The van der Waals surface area contributed by atoms with E-state index in [1.165, 1.54) is 12.8 Å². The van der Waals surface area contributed by atoms with Gasteiger partial charge < -0.3 is 5.32 Å². The van der Waals surface area contributed by atoms with Crippen molar-refractivity contribution in [1.29, 1.82) is 0 Å². The molecule has 1 amide bonds. The zero-order valence-corrected chi connectivity index (χ0v) is 8.26. The van der Waals surface area contributed by atoms with Crippen LogP contribution in [0.2, 0.25) is 0 Å². The van der Waals surface area contributed by atoms with E-state index in [2.05, 4.69) is 26.1 Å². The summed E-state index contributed by atoms with van der Waals surface area (Å²) in [5.74, 6) is 1.51. The van der Waals surface area contributed by atoms with Crippen molar-refractivity contribution >= 4 is 5.91 Å². The topological polar surface area (TPSA) is 29.1 Å². The summed E-state index contributed by atoms with van der Waals surface area (Å²) in [5, 5.41) is 3.04. The van der Waals surface area contributed by atoms with Gasteiger partial charge in [0, 0.05) is 12.5 Å². The Balaban J connectivity index is 2.11. The van der Waals surface area contributed by atoms with Gasteiger partial charge in [0.15, 0.2) is 0 Å². The minimum Gasteiger partial charge on any atom is -0.353 e. The van der Waals surface area contributed by atoms with Crippen molar-refractivity contribution in [3.63, 3.8) is 0 Å². The number of hydrogen-bond donors (Lipinski definition) is 1. The molecule has 2 nitrogen and oxygen atoms in total. The molecule has 0 bridgehead atoms. The standard InChI is InChI=1S/C10H19NO/c1-7(2)4-10(12)11-9-5-8(3)6-9/h7-9H,4-6H2,1-3H3,(H,11,12)/t8-,9+. The Labute approximate surface area is 74.7 Å². The third-order valence-electron chi connectivity index (χ3n) is 2.33. The minimum atomic E-state index is 0.224. The number of nitrogens with one attached hydrogen (secondary N) is 1. The molecule has 2 heteroatoms. The van der Waals surface area contributed by atoms with Crippen LogP contribution >= 0.6 is 0 Å². The van der Waals surface area contributed by atoms with Crippen molar-refractivity contribution in [3.05, 3.63) is 0 Å². The number of rotatable bonds is 3. The molecule has 0 spiro atoms. The van der Waals surface area contributed by atoms with Crippen LogP contribution in [0, 0.1) is 11.8 Å². The first-order chi connectivity index (χ1) is 5.58. The molecule has 0 aromatic rings. The Hall–Kier alpha value is -0.530. The molecular formula is C10H19NO. The Morgan fingerprint density at radius 1 is 1.50 bits per heavy atom. The van der Waals surface area contributed by atoms with E-state index in [4.69, 9.17) is 0 Å². The summed E-state index contributed by atoms with van der Waals surface area (Å²) in [4.78, 5) is 11.3. The molecule has 0 radical (unpaired) electrons. The number of carbonyl (C=O) groups is 1. The Morgan fingerprint density at radius 2 is 2.08 bits per heavy atom. The van der Waals surface area contributed by atoms with Crippen molar-refractivity contribution in [2.45, 2.75) is 46.1 Å². The van der Waals surface area contributed by atoms with Gasteiger partial charge in [0.05, 0.1) is 0 Å². The summed E-state index contributed by atoms with van der Waals surface area (Å²) in [6, 6.07) is 0.478. The molecule has 0 saturated heterocycles. The Kier molecular flexibility index (Phi) is 3.12. The molecule has 0 aliphatic heterocycles. The summed E-state index contributed by atoms with van der Waals surface area (Å²) in [5.41, 5.74) is 0. The average molecular weight is 169 g/mol. The van der Waals surface area contributed by atoms with Gasteiger partial charge >= 0.3 is 0 Å². The van der Waals surface area contributed by atoms with Gasteiger partial charge in [0.2, 0.25) is 5.91 Å². The summed E-state index contributed by atoms with van der Waals surface area (Å²) < 4.78 is 0. The van der Waals surface area contributed by atoms with E-state index in [-0.39, 0.29) is 5.91 Å². The van der Waals surface area contributed by atoms with Crippen LogP contribution in [0.25, 0.3) is 0 Å². The second-order valence-corrected chi connectivity index (χ2v) is 4.44. The summed E-state index contributed by atoms with van der Waals surface area (Å²) in [6.45, 7) is 6.37. The van der Waals surface area contributed by atoms with E-state index in [0.717, 1.165) is 5.92 Å². The third-order valence-corrected chi connectivity index (χ3v) is 2.33. The molecule has 0 aromatic carbocycles. The van der Waals surface area contributed by atoms with Crippen LogP contribution in [0.4, 0.5) is 0 Å². The smallest absolute Gasteiger partial charge is 0.220 e. The lowest BCUT2D eigenvalue weighted by Gasteiger charge is -2.33. The average Bonchev–Trinajstić information content (AvgIpc) is 1.82. The second-order valence-electron chi connectivity index (χ2n) is 4.44. The van der Waals surface area contributed by atoms with E-state index < -0.39 is 0 Å². The first kappa shape index (κ1) is 9.56. The van der Waals surface area contributed by atoms with Crippen molar-refractivity contribution in [2.24, 2.45) is 11.8 Å². The van der Waals surface area contributed by atoms with Gasteiger partial charge in [0.25, 0.3) is 0 Å². The third kappa shape index (κ3) is 2.84. The molecule has 0 unspecified atom stereocenters. The van der Waals surface area contributed by atoms with Crippen molar-refractivity contribution < 1.29 is 4.79 Å². The molecular weight excluding hydrogens is 150 g/mol. The number of hydrogen-bond acceptors (Lipinski definition) is 1. The second kappa shape index (κ2) is 3.92. The highest BCUT2D eigenvalue weighted by atomic mass is 16.1. The van der Waals surface area contributed by atoms with Gasteiger partial charge in [-0.2, -0.15) is 0 Å². The van der Waals surface area contributed by atoms with E-state index in [0.29, 0.717) is 18.4 Å². The summed E-state index contributed by atoms with van der Waals surface area (Å²) in [7, 11) is 0. The van der Waals surface area contributed by atoms with Crippen molar-refractivity contribution in [1.82, 2.24) is 5.32 Å². The normalized spacial score (nSPS) is 28.3. The van der Waals surface area contributed by atoms with E-state index in [1.54, 1.807) is 0 Å². The molecule has 1 rings (SSSR count). The number of amides is 1. The SMILES string of the molecule is CC(C)CC(=O)N[C@H]1C[C@@H](C)C1. The van der Waals surface area contributed by atoms with Crippen LogP contribution in [0.3, 0.4) is 0 Å².